The summed E-state index contributed by atoms with van der Waals surface area (Å²) in [5, 5.41) is 1.08. The molecule has 0 unspecified atom stereocenters. The fourth-order valence-electron chi connectivity index (χ4n) is 1.35. The van der Waals surface area contributed by atoms with Gasteiger partial charge in [0.1, 0.15) is 0 Å². The molecule has 0 amide bonds. The molecule has 3 N–H and O–H groups in total. The second-order valence-electron chi connectivity index (χ2n) is 2.90. The van der Waals surface area contributed by atoms with Crippen LogP contribution >= 0.6 is 23.1 Å². The Kier molecular flexibility index (Phi) is 2.62. The highest BCUT2D eigenvalue weighted by atomic mass is 32.2. The smallest absolute Gasteiger partial charge is 0.0907 e. The van der Waals surface area contributed by atoms with Gasteiger partial charge in [-0.1, -0.05) is 0 Å². The lowest BCUT2D eigenvalue weighted by atomic mass is 10.3. The monoisotopic (exact) mass is 225 g/mol. The quantitative estimate of drug-likeness (QED) is 0.468. The third-order valence-corrected chi connectivity index (χ3v) is 3.68. The lowest BCUT2D eigenvalue weighted by Crippen LogP contribution is -2.07. The fourth-order valence-corrected chi connectivity index (χ4v) is 2.77. The molecular weight excluding hydrogens is 214 g/mol. The van der Waals surface area contributed by atoms with Crippen LogP contribution in [0.1, 0.15) is 5.01 Å². The summed E-state index contributed by atoms with van der Waals surface area (Å²) in [6, 6.07) is 4.12. The van der Waals surface area contributed by atoms with Crippen molar-refractivity contribution in [3.05, 3.63) is 17.1 Å². The molecule has 0 aliphatic rings. The number of rotatable bonds is 2. The number of nitrogens with one attached hydrogen (secondary N) is 1. The molecule has 0 radical (unpaired) electrons. The van der Waals surface area contributed by atoms with E-state index >= 15 is 0 Å². The first-order valence-corrected chi connectivity index (χ1v) is 6.20. The van der Waals surface area contributed by atoms with Gasteiger partial charge in [0.05, 0.1) is 20.9 Å². The minimum atomic E-state index is 0.966. The SMILES string of the molecule is CSc1cc2nc(C)sc2cc1NN. The first-order chi connectivity index (χ1) is 6.74. The van der Waals surface area contributed by atoms with E-state index in [1.54, 1.807) is 23.1 Å². The number of hydrogen-bond donors (Lipinski definition) is 2. The average molecular weight is 225 g/mol. The van der Waals surface area contributed by atoms with E-state index < -0.39 is 0 Å². The molecular formula is C9H11N3S2. The van der Waals surface area contributed by atoms with Crippen LogP contribution in [0.25, 0.3) is 10.2 Å². The summed E-state index contributed by atoms with van der Waals surface area (Å²) in [7, 11) is 0. The highest BCUT2D eigenvalue weighted by Gasteiger charge is 2.06. The van der Waals surface area contributed by atoms with Crippen molar-refractivity contribution in [3.8, 4) is 0 Å². The minimum absolute atomic E-state index is 0.966. The molecule has 0 bridgehead atoms. The maximum Gasteiger partial charge on any atom is 0.0907 e. The first-order valence-electron chi connectivity index (χ1n) is 4.16. The van der Waals surface area contributed by atoms with Crippen molar-refractivity contribution in [2.45, 2.75) is 11.8 Å². The predicted octanol–water partition coefficient (Wildman–Crippen LogP) is 2.61. The lowest BCUT2D eigenvalue weighted by Gasteiger charge is -2.05. The summed E-state index contributed by atoms with van der Waals surface area (Å²) in [5.41, 5.74) is 4.72. The normalized spacial score (nSPS) is 10.8. The summed E-state index contributed by atoms with van der Waals surface area (Å²) in [4.78, 5) is 5.56. The number of benzene rings is 1. The maximum atomic E-state index is 5.44. The topological polar surface area (TPSA) is 50.9 Å². The van der Waals surface area contributed by atoms with Crippen LogP contribution in [-0.4, -0.2) is 11.2 Å². The first kappa shape index (κ1) is 9.76. The molecule has 0 atom stereocenters. The van der Waals surface area contributed by atoms with Gasteiger partial charge in [-0.3, -0.25) is 5.84 Å². The summed E-state index contributed by atoms with van der Waals surface area (Å²) in [6.07, 6.45) is 2.03. The zero-order chi connectivity index (χ0) is 10.1. The Morgan fingerprint density at radius 1 is 1.50 bits per heavy atom. The molecule has 0 spiro atoms. The largest absolute Gasteiger partial charge is 0.323 e. The van der Waals surface area contributed by atoms with Crippen LogP contribution in [0.2, 0.25) is 0 Å². The van der Waals surface area contributed by atoms with Crippen molar-refractivity contribution in [1.82, 2.24) is 4.98 Å². The number of nitrogens with two attached hydrogens (primary N) is 1. The Morgan fingerprint density at radius 3 is 2.93 bits per heavy atom. The van der Waals surface area contributed by atoms with Crippen molar-refractivity contribution >= 4 is 39.0 Å². The second kappa shape index (κ2) is 3.76. The number of thiazole rings is 1. The Balaban J connectivity index is 2.68. The molecule has 2 aromatic rings. The molecule has 3 nitrogen and oxygen atoms in total. The molecule has 2 rings (SSSR count). The van der Waals surface area contributed by atoms with Crippen LogP contribution in [-0.2, 0) is 0 Å². The Hall–Kier alpha value is -0.780. The van der Waals surface area contributed by atoms with Gasteiger partial charge in [-0.2, -0.15) is 0 Å². The maximum absolute atomic E-state index is 5.44. The van der Waals surface area contributed by atoms with Gasteiger partial charge >= 0.3 is 0 Å². The van der Waals surface area contributed by atoms with Crippen LogP contribution < -0.4 is 11.3 Å². The molecule has 74 valence electrons. The molecule has 1 aromatic heterocycles. The van der Waals surface area contributed by atoms with E-state index in [1.807, 2.05) is 19.2 Å². The number of anilines is 1. The molecule has 1 aromatic carbocycles. The number of aryl methyl sites for hydroxylation is 1. The number of aromatic nitrogens is 1. The Bertz CT molecular complexity index is 423. The van der Waals surface area contributed by atoms with E-state index in [2.05, 4.69) is 16.5 Å². The minimum Gasteiger partial charge on any atom is -0.323 e. The van der Waals surface area contributed by atoms with Crippen LogP contribution in [0.15, 0.2) is 17.0 Å². The van der Waals surface area contributed by atoms with Gasteiger partial charge in [0.15, 0.2) is 0 Å². The zero-order valence-corrected chi connectivity index (χ0v) is 9.63. The van der Waals surface area contributed by atoms with E-state index in [9.17, 15) is 0 Å². The van der Waals surface area contributed by atoms with E-state index in [1.165, 1.54) is 4.70 Å². The van der Waals surface area contributed by atoms with Crippen molar-refractivity contribution in [3.63, 3.8) is 0 Å². The van der Waals surface area contributed by atoms with Gasteiger partial charge in [0.2, 0.25) is 0 Å². The van der Waals surface area contributed by atoms with E-state index in [-0.39, 0.29) is 0 Å². The molecule has 5 heteroatoms. The molecule has 0 saturated carbocycles. The predicted molar refractivity (Wildman–Crippen MR) is 63.9 cm³/mol. The lowest BCUT2D eigenvalue weighted by molar-refractivity contribution is 1.29. The second-order valence-corrected chi connectivity index (χ2v) is 4.98. The highest BCUT2D eigenvalue weighted by Crippen LogP contribution is 2.32. The Labute approximate surface area is 90.7 Å². The number of hydrogen-bond acceptors (Lipinski definition) is 5. The van der Waals surface area contributed by atoms with Crippen molar-refractivity contribution in [2.24, 2.45) is 5.84 Å². The average Bonchev–Trinajstić information content (AvgIpc) is 2.54. The van der Waals surface area contributed by atoms with E-state index in [0.717, 1.165) is 21.1 Å². The summed E-state index contributed by atoms with van der Waals surface area (Å²) in [6.45, 7) is 2.01. The molecule has 14 heavy (non-hydrogen) atoms. The standard InChI is InChI=1S/C9H11N3S2/c1-5-11-6-3-8(13-2)7(12-10)4-9(6)14-5/h3-4,12H,10H2,1-2H3. The summed E-state index contributed by atoms with van der Waals surface area (Å²) in [5.74, 6) is 5.44. The van der Waals surface area contributed by atoms with Gasteiger partial charge in [0, 0.05) is 4.90 Å². The van der Waals surface area contributed by atoms with Crippen molar-refractivity contribution in [2.75, 3.05) is 11.7 Å². The molecule has 0 fully saturated rings. The van der Waals surface area contributed by atoms with Gasteiger partial charge in [0.25, 0.3) is 0 Å². The molecule has 0 saturated heterocycles. The van der Waals surface area contributed by atoms with Gasteiger partial charge in [-0.05, 0) is 25.3 Å². The van der Waals surface area contributed by atoms with Crippen molar-refractivity contribution < 1.29 is 0 Å². The summed E-state index contributed by atoms with van der Waals surface area (Å²) >= 11 is 3.35. The molecule has 0 aliphatic heterocycles. The highest BCUT2D eigenvalue weighted by molar-refractivity contribution is 7.98. The van der Waals surface area contributed by atoms with Gasteiger partial charge in [-0.25, -0.2) is 4.98 Å². The van der Waals surface area contributed by atoms with Crippen LogP contribution in [0, 0.1) is 6.92 Å². The van der Waals surface area contributed by atoms with Gasteiger partial charge in [-0.15, -0.1) is 23.1 Å². The van der Waals surface area contributed by atoms with E-state index in [4.69, 9.17) is 5.84 Å². The van der Waals surface area contributed by atoms with Gasteiger partial charge < -0.3 is 5.43 Å². The summed E-state index contributed by atoms with van der Waals surface area (Å²) < 4.78 is 1.17. The number of nitrogen functional groups attached to an aromatic ring is 1. The number of nitrogens with zero attached hydrogens (tertiary/aromatic N) is 1. The Morgan fingerprint density at radius 2 is 2.29 bits per heavy atom. The fraction of sp³-hybridized carbons (Fsp3) is 0.222. The zero-order valence-electron chi connectivity index (χ0n) is 8.00. The van der Waals surface area contributed by atoms with Crippen LogP contribution in [0.4, 0.5) is 5.69 Å². The number of hydrazine groups is 1. The number of thioether (sulfide) groups is 1. The van der Waals surface area contributed by atoms with Crippen LogP contribution in [0.3, 0.4) is 0 Å². The molecule has 1 heterocycles. The van der Waals surface area contributed by atoms with Crippen molar-refractivity contribution in [1.29, 1.82) is 0 Å². The van der Waals surface area contributed by atoms with Crippen LogP contribution in [0.5, 0.6) is 0 Å². The van der Waals surface area contributed by atoms with E-state index in [0.29, 0.717) is 0 Å². The third kappa shape index (κ3) is 1.58. The third-order valence-electron chi connectivity index (χ3n) is 1.97. The number of fused-ring (bicyclic) bond motifs is 1. The molecule has 0 aliphatic carbocycles.